The lowest BCUT2D eigenvalue weighted by Crippen LogP contribution is -2.22. The van der Waals surface area contributed by atoms with Crippen LogP contribution in [0.2, 0.25) is 5.02 Å². The van der Waals surface area contributed by atoms with Gasteiger partial charge in [0.1, 0.15) is 5.82 Å². The van der Waals surface area contributed by atoms with Gasteiger partial charge in [0, 0.05) is 10.9 Å². The van der Waals surface area contributed by atoms with Gasteiger partial charge in [0.25, 0.3) is 5.56 Å². The molecule has 0 amide bonds. The molecule has 0 fully saturated rings. The number of nitrogens with zero attached hydrogens (tertiary/aromatic N) is 3. The topological polar surface area (TPSA) is 82.8 Å². The molecule has 1 aromatic heterocycles. The fourth-order valence-electron chi connectivity index (χ4n) is 2.89. The summed E-state index contributed by atoms with van der Waals surface area (Å²) < 4.78 is 13.1. The molecule has 0 spiro atoms. The summed E-state index contributed by atoms with van der Waals surface area (Å²) >= 11 is 13.1. The van der Waals surface area contributed by atoms with Gasteiger partial charge < -0.3 is 9.47 Å². The zero-order valence-corrected chi connectivity index (χ0v) is 21.5. The van der Waals surface area contributed by atoms with Gasteiger partial charge in [0.2, 0.25) is 0 Å². The number of hydrogen-bond acceptors (Lipinski definition) is 6. The number of benzene rings is 2. The van der Waals surface area contributed by atoms with Crippen molar-refractivity contribution in [1.82, 2.24) is 9.66 Å². The third-order valence-corrected chi connectivity index (χ3v) is 5.60. The number of aromatic nitrogens is 2. The highest BCUT2D eigenvalue weighted by Crippen LogP contribution is 2.34. The van der Waals surface area contributed by atoms with Crippen LogP contribution in [0, 0.1) is 0 Å². The van der Waals surface area contributed by atoms with E-state index in [9.17, 15) is 9.59 Å². The second kappa shape index (κ2) is 10.6. The first-order valence-electron chi connectivity index (χ1n) is 9.76. The van der Waals surface area contributed by atoms with E-state index in [2.05, 4.69) is 41.9 Å². The van der Waals surface area contributed by atoms with Crippen LogP contribution in [0.5, 0.6) is 5.75 Å². The monoisotopic (exact) mass is 583 g/mol. The second-order valence-corrected chi connectivity index (χ2v) is 9.22. The van der Waals surface area contributed by atoms with Gasteiger partial charge in [-0.15, -0.1) is 0 Å². The van der Waals surface area contributed by atoms with E-state index < -0.39 is 5.97 Å². The SMILES string of the molecule is CCc1nc2ccc(Br)cc2c(=O)n1N=Cc1cc(Cl)c(OCC(=O)OC(C)C)c(Br)c1. The van der Waals surface area contributed by atoms with Crippen LogP contribution < -0.4 is 10.3 Å². The van der Waals surface area contributed by atoms with E-state index >= 15 is 0 Å². The molecule has 0 aliphatic rings. The lowest BCUT2D eigenvalue weighted by molar-refractivity contribution is -0.149. The summed E-state index contributed by atoms with van der Waals surface area (Å²) in [5.74, 6) is 0.360. The molecule has 0 atom stereocenters. The van der Waals surface area contributed by atoms with Crippen molar-refractivity contribution in [2.75, 3.05) is 6.61 Å². The first-order chi connectivity index (χ1) is 15.2. The van der Waals surface area contributed by atoms with Crippen LogP contribution in [0.4, 0.5) is 0 Å². The molecular weight excluding hydrogens is 566 g/mol. The van der Waals surface area contributed by atoms with Crippen molar-refractivity contribution in [2.45, 2.75) is 33.3 Å². The first kappa shape index (κ1) is 24.4. The Morgan fingerprint density at radius 1 is 1.28 bits per heavy atom. The van der Waals surface area contributed by atoms with Crippen molar-refractivity contribution >= 4 is 66.5 Å². The largest absolute Gasteiger partial charge is 0.479 e. The predicted octanol–water partition coefficient (Wildman–Crippen LogP) is 5.35. The molecule has 10 heteroatoms. The van der Waals surface area contributed by atoms with E-state index in [4.69, 9.17) is 21.1 Å². The summed E-state index contributed by atoms with van der Waals surface area (Å²) in [6.07, 6.45) is 1.81. The van der Waals surface area contributed by atoms with Gasteiger partial charge in [-0.2, -0.15) is 9.78 Å². The van der Waals surface area contributed by atoms with Gasteiger partial charge in [-0.3, -0.25) is 4.79 Å². The van der Waals surface area contributed by atoms with Crippen LogP contribution in [-0.2, 0) is 16.0 Å². The Labute approximate surface area is 206 Å². The van der Waals surface area contributed by atoms with Crippen molar-refractivity contribution in [3.8, 4) is 5.75 Å². The Balaban J connectivity index is 1.90. The molecule has 0 N–H and O–H groups in total. The summed E-state index contributed by atoms with van der Waals surface area (Å²) in [5, 5.41) is 5.09. The normalized spacial score (nSPS) is 11.5. The van der Waals surface area contributed by atoms with Crippen molar-refractivity contribution in [3.05, 3.63) is 66.0 Å². The average molecular weight is 586 g/mol. The Bertz CT molecular complexity index is 1230. The Morgan fingerprint density at radius 2 is 2.03 bits per heavy atom. The number of hydrogen-bond donors (Lipinski definition) is 0. The van der Waals surface area contributed by atoms with E-state index in [1.54, 1.807) is 38.1 Å². The second-order valence-electron chi connectivity index (χ2n) is 7.05. The number of rotatable bonds is 7. The number of carbonyl (C=O) groups excluding carboxylic acids is 1. The number of fused-ring (bicyclic) bond motifs is 1. The first-order valence-corrected chi connectivity index (χ1v) is 11.7. The summed E-state index contributed by atoms with van der Waals surface area (Å²) in [4.78, 5) is 29.2. The van der Waals surface area contributed by atoms with Crippen LogP contribution in [0.25, 0.3) is 10.9 Å². The maximum Gasteiger partial charge on any atom is 0.344 e. The molecule has 168 valence electrons. The van der Waals surface area contributed by atoms with Crippen LogP contribution in [0.15, 0.2) is 49.2 Å². The van der Waals surface area contributed by atoms with Gasteiger partial charge >= 0.3 is 5.97 Å². The number of carbonyl (C=O) groups is 1. The average Bonchev–Trinajstić information content (AvgIpc) is 2.72. The zero-order chi connectivity index (χ0) is 23.4. The standard InChI is InChI=1S/C22H20Br2ClN3O4/c1-4-19-27-18-6-5-14(23)9-15(18)22(30)28(19)26-10-13-7-16(24)21(17(25)8-13)31-11-20(29)32-12(2)3/h5-10,12H,4,11H2,1-3H3. The molecule has 0 aliphatic carbocycles. The molecular formula is C22H20Br2ClN3O4. The van der Waals surface area contributed by atoms with Gasteiger partial charge in [-0.25, -0.2) is 9.78 Å². The Kier molecular flexibility index (Phi) is 8.08. The van der Waals surface area contributed by atoms with Gasteiger partial charge in [0.15, 0.2) is 12.4 Å². The third-order valence-electron chi connectivity index (χ3n) is 4.24. The number of ether oxygens (including phenoxy) is 2. The molecule has 2 aromatic carbocycles. The Morgan fingerprint density at radius 3 is 2.69 bits per heavy atom. The lowest BCUT2D eigenvalue weighted by Gasteiger charge is -2.12. The Hall–Kier alpha value is -2.23. The van der Waals surface area contributed by atoms with E-state index in [0.29, 0.717) is 38.9 Å². The number of aryl methyl sites for hydroxylation is 1. The number of esters is 1. The van der Waals surface area contributed by atoms with Crippen LogP contribution >= 0.6 is 43.5 Å². The molecule has 3 rings (SSSR count). The lowest BCUT2D eigenvalue weighted by atomic mass is 10.2. The fourth-order valence-corrected chi connectivity index (χ4v) is 4.24. The van der Waals surface area contributed by atoms with E-state index in [1.165, 1.54) is 10.9 Å². The maximum atomic E-state index is 13.0. The minimum atomic E-state index is -0.490. The highest BCUT2D eigenvalue weighted by Gasteiger charge is 2.14. The molecule has 0 radical (unpaired) electrons. The minimum Gasteiger partial charge on any atom is -0.479 e. The molecule has 32 heavy (non-hydrogen) atoms. The van der Waals surface area contributed by atoms with E-state index in [1.807, 2.05) is 13.0 Å². The zero-order valence-electron chi connectivity index (χ0n) is 17.6. The molecule has 0 saturated heterocycles. The maximum absolute atomic E-state index is 13.0. The molecule has 7 nitrogen and oxygen atoms in total. The summed E-state index contributed by atoms with van der Waals surface area (Å²) in [6.45, 7) is 5.15. The van der Waals surface area contributed by atoms with Crippen molar-refractivity contribution in [1.29, 1.82) is 0 Å². The van der Waals surface area contributed by atoms with Crippen LogP contribution in [0.3, 0.4) is 0 Å². The van der Waals surface area contributed by atoms with Crippen LogP contribution in [-0.4, -0.2) is 34.6 Å². The smallest absolute Gasteiger partial charge is 0.344 e. The molecule has 0 saturated carbocycles. The quantitative estimate of drug-likeness (QED) is 0.276. The van der Waals surface area contributed by atoms with Crippen molar-refractivity contribution in [2.24, 2.45) is 5.10 Å². The third kappa shape index (κ3) is 5.76. The van der Waals surface area contributed by atoms with Crippen molar-refractivity contribution < 1.29 is 14.3 Å². The van der Waals surface area contributed by atoms with E-state index in [-0.39, 0.29) is 23.3 Å². The number of halogens is 3. The summed E-state index contributed by atoms with van der Waals surface area (Å²) in [7, 11) is 0. The fraction of sp³-hybridized carbons (Fsp3) is 0.273. The predicted molar refractivity (Wildman–Crippen MR) is 132 cm³/mol. The van der Waals surface area contributed by atoms with Crippen LogP contribution in [0.1, 0.15) is 32.2 Å². The van der Waals surface area contributed by atoms with Gasteiger partial charge in [-0.05, 0) is 65.7 Å². The highest BCUT2D eigenvalue weighted by atomic mass is 79.9. The molecule has 3 aromatic rings. The minimum absolute atomic E-state index is 0.231. The summed E-state index contributed by atoms with van der Waals surface area (Å²) in [5.41, 5.74) is 0.977. The van der Waals surface area contributed by atoms with Crippen molar-refractivity contribution in [3.63, 3.8) is 0 Å². The molecule has 0 bridgehead atoms. The highest BCUT2D eigenvalue weighted by molar-refractivity contribution is 9.10. The molecule has 1 heterocycles. The van der Waals surface area contributed by atoms with Gasteiger partial charge in [0.05, 0.1) is 32.7 Å². The van der Waals surface area contributed by atoms with E-state index in [0.717, 1.165) is 4.47 Å². The summed E-state index contributed by atoms with van der Waals surface area (Å²) in [6, 6.07) is 8.70. The molecule has 0 unspecified atom stereocenters. The molecule has 0 aliphatic heterocycles. The van der Waals surface area contributed by atoms with Gasteiger partial charge in [-0.1, -0.05) is 34.5 Å².